The quantitative estimate of drug-likeness (QED) is 0.395. The van der Waals surface area contributed by atoms with E-state index in [0.29, 0.717) is 5.41 Å². The van der Waals surface area contributed by atoms with Crippen molar-refractivity contribution in [1.82, 2.24) is 0 Å². The van der Waals surface area contributed by atoms with Crippen molar-refractivity contribution in [2.24, 2.45) is 22.6 Å². The maximum Gasteiger partial charge on any atom is 0.0740 e. The molecule has 4 heteroatoms. The maximum atomic E-state index is 5.66. The maximum absolute atomic E-state index is 5.66. The molecule has 0 aliphatic carbocycles. The van der Waals surface area contributed by atoms with Crippen LogP contribution in [0.25, 0.3) is 0 Å². The zero-order valence-electron chi connectivity index (χ0n) is 11.4. The van der Waals surface area contributed by atoms with E-state index in [1.165, 1.54) is 32.1 Å². The highest BCUT2D eigenvalue weighted by Gasteiger charge is 2.27. The zero-order valence-corrected chi connectivity index (χ0v) is 11.4. The lowest BCUT2D eigenvalue weighted by Gasteiger charge is -2.34. The minimum atomic E-state index is 0.426. The van der Waals surface area contributed by atoms with E-state index in [1.807, 2.05) is 0 Å². The molecule has 0 amide bonds. The molecule has 0 fully saturated rings. The Kier molecular flexibility index (Phi) is 10.9. The molecule has 0 bridgehead atoms. The van der Waals surface area contributed by atoms with Gasteiger partial charge >= 0.3 is 0 Å². The van der Waals surface area contributed by atoms with Gasteiger partial charge in [-0.2, -0.15) is 0 Å². The summed E-state index contributed by atoms with van der Waals surface area (Å²) >= 11 is 0. The van der Waals surface area contributed by atoms with Gasteiger partial charge in [0.1, 0.15) is 0 Å². The van der Waals surface area contributed by atoms with Gasteiger partial charge in [0.15, 0.2) is 0 Å². The molecule has 0 saturated heterocycles. The molecule has 0 unspecified atom stereocenters. The number of nitrogens with two attached hydrogens (primary N) is 3. The SMILES string of the molecule is NCCCC(CCCN)(CCCN)CCC[NH3+]. The molecule has 0 aliphatic heterocycles. The van der Waals surface area contributed by atoms with Crippen molar-refractivity contribution in [3.63, 3.8) is 0 Å². The van der Waals surface area contributed by atoms with Crippen LogP contribution in [-0.4, -0.2) is 26.2 Å². The van der Waals surface area contributed by atoms with Crippen LogP contribution in [0.15, 0.2) is 0 Å². The lowest BCUT2D eigenvalue weighted by Crippen LogP contribution is -2.50. The summed E-state index contributed by atoms with van der Waals surface area (Å²) in [6, 6.07) is 0. The second kappa shape index (κ2) is 11.0. The van der Waals surface area contributed by atoms with Crippen molar-refractivity contribution in [3.8, 4) is 0 Å². The molecule has 4 nitrogen and oxygen atoms in total. The van der Waals surface area contributed by atoms with Crippen LogP contribution in [0.3, 0.4) is 0 Å². The lowest BCUT2D eigenvalue weighted by atomic mass is 9.72. The summed E-state index contributed by atoms with van der Waals surface area (Å²) < 4.78 is 0. The van der Waals surface area contributed by atoms with Gasteiger partial charge in [0.25, 0.3) is 0 Å². The van der Waals surface area contributed by atoms with Gasteiger partial charge in [-0.25, -0.2) is 0 Å². The van der Waals surface area contributed by atoms with Crippen LogP contribution >= 0.6 is 0 Å². The molecule has 0 rings (SSSR count). The van der Waals surface area contributed by atoms with Crippen LogP contribution in [0.1, 0.15) is 51.4 Å². The molecule has 0 aliphatic rings. The van der Waals surface area contributed by atoms with Crippen molar-refractivity contribution < 1.29 is 5.73 Å². The van der Waals surface area contributed by atoms with E-state index in [1.54, 1.807) is 0 Å². The average Bonchev–Trinajstić information content (AvgIpc) is 2.37. The van der Waals surface area contributed by atoms with E-state index in [0.717, 1.165) is 45.4 Å². The molecular formula is C13H33N4+. The summed E-state index contributed by atoms with van der Waals surface area (Å²) in [7, 11) is 0. The molecule has 0 heterocycles. The highest BCUT2D eigenvalue weighted by atomic mass is 14.6. The van der Waals surface area contributed by atoms with Crippen LogP contribution in [0.2, 0.25) is 0 Å². The molecule has 0 aromatic rings. The van der Waals surface area contributed by atoms with Gasteiger partial charge in [-0.1, -0.05) is 0 Å². The summed E-state index contributed by atoms with van der Waals surface area (Å²) in [5, 5.41) is 0. The first-order valence-electron chi connectivity index (χ1n) is 7.14. The Balaban J connectivity index is 4.39. The van der Waals surface area contributed by atoms with Crippen LogP contribution in [-0.2, 0) is 0 Å². The van der Waals surface area contributed by atoms with Gasteiger partial charge in [-0.3, -0.25) is 0 Å². The first kappa shape index (κ1) is 16.8. The predicted octanol–water partition coefficient (Wildman–Crippen LogP) is 0.212. The van der Waals surface area contributed by atoms with E-state index in [4.69, 9.17) is 17.2 Å². The van der Waals surface area contributed by atoms with Crippen molar-refractivity contribution in [2.45, 2.75) is 51.4 Å². The first-order valence-corrected chi connectivity index (χ1v) is 7.14. The Labute approximate surface area is 106 Å². The van der Waals surface area contributed by atoms with Gasteiger partial charge in [-0.05, 0) is 76.4 Å². The summed E-state index contributed by atoms with van der Waals surface area (Å²) in [5.41, 5.74) is 21.4. The molecule has 104 valence electrons. The molecule has 17 heavy (non-hydrogen) atoms. The molecule has 0 aromatic heterocycles. The van der Waals surface area contributed by atoms with Crippen molar-refractivity contribution in [3.05, 3.63) is 0 Å². The topological polar surface area (TPSA) is 106 Å². The van der Waals surface area contributed by atoms with Gasteiger partial charge in [0.05, 0.1) is 6.54 Å². The fourth-order valence-corrected chi connectivity index (χ4v) is 2.68. The highest BCUT2D eigenvalue weighted by Crippen LogP contribution is 2.39. The number of rotatable bonds is 12. The van der Waals surface area contributed by atoms with Gasteiger partial charge < -0.3 is 22.9 Å². The third-order valence-electron chi connectivity index (χ3n) is 3.69. The Bertz CT molecular complexity index is 124. The fourth-order valence-electron chi connectivity index (χ4n) is 2.68. The van der Waals surface area contributed by atoms with Gasteiger partial charge in [0, 0.05) is 0 Å². The molecule has 0 atom stereocenters. The monoisotopic (exact) mass is 245 g/mol. The van der Waals surface area contributed by atoms with E-state index in [-0.39, 0.29) is 0 Å². The second-order valence-corrected chi connectivity index (χ2v) is 5.13. The average molecular weight is 245 g/mol. The molecule has 0 spiro atoms. The van der Waals surface area contributed by atoms with Gasteiger partial charge in [0.2, 0.25) is 0 Å². The fraction of sp³-hybridized carbons (Fsp3) is 1.00. The van der Waals surface area contributed by atoms with E-state index >= 15 is 0 Å². The second-order valence-electron chi connectivity index (χ2n) is 5.13. The predicted molar refractivity (Wildman–Crippen MR) is 74.3 cm³/mol. The molecule has 9 N–H and O–H groups in total. The number of quaternary nitrogens is 1. The third-order valence-corrected chi connectivity index (χ3v) is 3.69. The van der Waals surface area contributed by atoms with Crippen LogP contribution in [0.5, 0.6) is 0 Å². The number of hydrogen-bond donors (Lipinski definition) is 4. The van der Waals surface area contributed by atoms with Gasteiger partial charge in [-0.15, -0.1) is 0 Å². The largest absolute Gasteiger partial charge is 0.358 e. The summed E-state index contributed by atoms with van der Waals surface area (Å²) in [5.74, 6) is 0. The molecule has 0 radical (unpaired) electrons. The van der Waals surface area contributed by atoms with Crippen molar-refractivity contribution >= 4 is 0 Å². The van der Waals surface area contributed by atoms with Crippen molar-refractivity contribution in [2.75, 3.05) is 26.2 Å². The number of hydrogen-bond acceptors (Lipinski definition) is 3. The van der Waals surface area contributed by atoms with E-state index < -0.39 is 0 Å². The molecular weight excluding hydrogens is 212 g/mol. The minimum absolute atomic E-state index is 0.426. The van der Waals surface area contributed by atoms with Crippen molar-refractivity contribution in [1.29, 1.82) is 0 Å². The summed E-state index contributed by atoms with van der Waals surface area (Å²) in [4.78, 5) is 0. The Morgan fingerprint density at radius 1 is 0.647 bits per heavy atom. The standard InChI is InChI=1S/C13H32N4/c14-9-1-5-13(6-2-10-15,7-3-11-16)8-4-12-17/h1-12,14-17H2/p+1. The minimum Gasteiger partial charge on any atom is -0.358 e. The van der Waals surface area contributed by atoms with E-state index in [2.05, 4.69) is 5.73 Å². The van der Waals surface area contributed by atoms with Crippen LogP contribution in [0.4, 0.5) is 0 Å². The Hall–Kier alpha value is -0.160. The van der Waals surface area contributed by atoms with Crippen LogP contribution in [0, 0.1) is 5.41 Å². The van der Waals surface area contributed by atoms with E-state index in [9.17, 15) is 0 Å². The zero-order chi connectivity index (χ0) is 13.0. The summed E-state index contributed by atoms with van der Waals surface area (Å²) in [6.07, 6.45) is 9.50. The normalized spacial score (nSPS) is 12.0. The third kappa shape index (κ3) is 7.71. The molecule has 0 aromatic carbocycles. The lowest BCUT2D eigenvalue weighted by molar-refractivity contribution is -0.369. The Morgan fingerprint density at radius 2 is 1.00 bits per heavy atom. The van der Waals surface area contributed by atoms with Crippen LogP contribution < -0.4 is 22.9 Å². The molecule has 0 saturated carbocycles. The Morgan fingerprint density at radius 3 is 1.29 bits per heavy atom. The first-order chi connectivity index (χ1) is 8.24. The summed E-state index contributed by atoms with van der Waals surface area (Å²) in [6.45, 7) is 3.39. The highest BCUT2D eigenvalue weighted by molar-refractivity contribution is 4.80. The smallest absolute Gasteiger partial charge is 0.0740 e.